The summed E-state index contributed by atoms with van der Waals surface area (Å²) in [6.45, 7) is 7.63. The summed E-state index contributed by atoms with van der Waals surface area (Å²) in [6, 6.07) is 1.97. The Morgan fingerprint density at radius 1 is 1.42 bits per heavy atom. The molecule has 0 saturated carbocycles. The Hall–Kier alpha value is -1.79. The molecule has 2 aromatic heterocycles. The van der Waals surface area contributed by atoms with E-state index in [2.05, 4.69) is 29.1 Å². The molecule has 6 heteroatoms. The quantitative estimate of drug-likeness (QED) is 0.905. The molecular weight excluding hydrogens is 322 g/mol. The number of nitrogens with zero attached hydrogens (tertiary/aromatic N) is 2. The Bertz CT molecular complexity index is 721. The SMILES string of the molecule is Cc1nc(C2CCCOC2)sc1C(=O)Nc1cncc(C(C)C)c1. The number of nitrogens with one attached hydrogen (secondary N) is 1. The molecule has 1 amide bonds. The van der Waals surface area contributed by atoms with Gasteiger partial charge in [0.2, 0.25) is 0 Å². The number of aromatic nitrogens is 2. The molecule has 1 atom stereocenters. The van der Waals surface area contributed by atoms with Crippen molar-refractivity contribution < 1.29 is 9.53 Å². The molecule has 1 fully saturated rings. The second-order valence-electron chi connectivity index (χ2n) is 6.50. The Labute approximate surface area is 146 Å². The number of amides is 1. The zero-order valence-electron chi connectivity index (χ0n) is 14.3. The van der Waals surface area contributed by atoms with Crippen LogP contribution in [0.25, 0.3) is 0 Å². The number of thiazole rings is 1. The average molecular weight is 345 g/mol. The smallest absolute Gasteiger partial charge is 0.267 e. The Morgan fingerprint density at radius 2 is 2.25 bits per heavy atom. The molecule has 0 spiro atoms. The van der Waals surface area contributed by atoms with Crippen LogP contribution < -0.4 is 5.32 Å². The zero-order chi connectivity index (χ0) is 17.1. The molecule has 1 N–H and O–H groups in total. The van der Waals surface area contributed by atoms with Gasteiger partial charge in [0, 0.05) is 18.7 Å². The van der Waals surface area contributed by atoms with Crippen LogP contribution in [0.3, 0.4) is 0 Å². The van der Waals surface area contributed by atoms with E-state index in [9.17, 15) is 4.79 Å². The van der Waals surface area contributed by atoms with Crippen molar-refractivity contribution in [2.75, 3.05) is 18.5 Å². The normalized spacial score (nSPS) is 17.9. The number of carbonyl (C=O) groups is 1. The van der Waals surface area contributed by atoms with Crippen molar-refractivity contribution in [2.24, 2.45) is 0 Å². The van der Waals surface area contributed by atoms with E-state index in [0.29, 0.717) is 23.3 Å². The van der Waals surface area contributed by atoms with Crippen molar-refractivity contribution in [1.82, 2.24) is 9.97 Å². The Morgan fingerprint density at radius 3 is 2.96 bits per heavy atom. The summed E-state index contributed by atoms with van der Waals surface area (Å²) < 4.78 is 5.54. The molecular formula is C18H23N3O2S. The molecule has 1 aliphatic heterocycles. The minimum atomic E-state index is -0.115. The topological polar surface area (TPSA) is 64.1 Å². The van der Waals surface area contributed by atoms with Crippen LogP contribution in [0.1, 0.15) is 64.5 Å². The fraction of sp³-hybridized carbons (Fsp3) is 0.500. The monoisotopic (exact) mass is 345 g/mol. The summed E-state index contributed by atoms with van der Waals surface area (Å²) in [6.07, 6.45) is 5.64. The molecule has 0 radical (unpaired) electrons. The van der Waals surface area contributed by atoms with Crippen LogP contribution in [0, 0.1) is 6.92 Å². The highest BCUT2D eigenvalue weighted by atomic mass is 32.1. The summed E-state index contributed by atoms with van der Waals surface area (Å²) in [5.41, 5.74) is 2.61. The van der Waals surface area contributed by atoms with Gasteiger partial charge in [-0.2, -0.15) is 0 Å². The largest absolute Gasteiger partial charge is 0.381 e. The number of pyridine rings is 1. The summed E-state index contributed by atoms with van der Waals surface area (Å²) in [5, 5.41) is 3.95. The molecule has 3 rings (SSSR count). The van der Waals surface area contributed by atoms with Crippen LogP contribution >= 0.6 is 11.3 Å². The average Bonchev–Trinajstić information content (AvgIpc) is 2.98. The second kappa shape index (κ2) is 7.40. The first kappa shape index (κ1) is 17.0. The predicted octanol–water partition coefficient (Wildman–Crippen LogP) is 4.12. The molecule has 5 nitrogen and oxygen atoms in total. The molecule has 1 unspecified atom stereocenters. The van der Waals surface area contributed by atoms with Crippen molar-refractivity contribution >= 4 is 22.9 Å². The maximum absolute atomic E-state index is 12.6. The van der Waals surface area contributed by atoms with Gasteiger partial charge >= 0.3 is 0 Å². The molecule has 24 heavy (non-hydrogen) atoms. The Kier molecular flexibility index (Phi) is 5.26. The molecule has 2 aromatic rings. The van der Waals surface area contributed by atoms with Gasteiger partial charge in [-0.05, 0) is 37.3 Å². The molecule has 1 aliphatic rings. The van der Waals surface area contributed by atoms with Gasteiger partial charge in [-0.3, -0.25) is 9.78 Å². The maximum atomic E-state index is 12.6. The van der Waals surface area contributed by atoms with Crippen molar-refractivity contribution in [3.05, 3.63) is 39.6 Å². The van der Waals surface area contributed by atoms with E-state index in [4.69, 9.17) is 4.74 Å². The molecule has 0 bridgehead atoms. The minimum absolute atomic E-state index is 0.115. The van der Waals surface area contributed by atoms with Crippen molar-refractivity contribution in [1.29, 1.82) is 0 Å². The van der Waals surface area contributed by atoms with Gasteiger partial charge in [0.05, 0.1) is 29.2 Å². The van der Waals surface area contributed by atoms with Crippen molar-refractivity contribution in [3.63, 3.8) is 0 Å². The number of carbonyl (C=O) groups excluding carboxylic acids is 1. The first-order chi connectivity index (χ1) is 11.5. The van der Waals surface area contributed by atoms with Gasteiger partial charge in [-0.25, -0.2) is 4.98 Å². The van der Waals surface area contributed by atoms with E-state index in [1.54, 1.807) is 6.20 Å². The predicted molar refractivity (Wildman–Crippen MR) is 95.9 cm³/mol. The van der Waals surface area contributed by atoms with E-state index >= 15 is 0 Å². The van der Waals surface area contributed by atoms with Crippen LogP contribution in [0.5, 0.6) is 0 Å². The van der Waals surface area contributed by atoms with Crippen LogP contribution in [0.4, 0.5) is 5.69 Å². The van der Waals surface area contributed by atoms with Gasteiger partial charge in [0.1, 0.15) is 4.88 Å². The molecule has 3 heterocycles. The molecule has 0 aliphatic carbocycles. The van der Waals surface area contributed by atoms with Gasteiger partial charge in [-0.15, -0.1) is 11.3 Å². The standard InChI is InChI=1S/C18H23N3O2S/c1-11(2)14-7-15(9-19-8-14)21-17(22)16-12(3)20-18(24-16)13-5-4-6-23-10-13/h7-9,11,13H,4-6,10H2,1-3H3,(H,21,22). The van der Waals surface area contributed by atoms with E-state index in [1.165, 1.54) is 11.3 Å². The van der Waals surface area contributed by atoms with E-state index in [-0.39, 0.29) is 5.91 Å². The number of hydrogen-bond acceptors (Lipinski definition) is 5. The van der Waals surface area contributed by atoms with E-state index in [0.717, 1.165) is 41.4 Å². The highest BCUT2D eigenvalue weighted by molar-refractivity contribution is 7.14. The first-order valence-electron chi connectivity index (χ1n) is 8.36. The third-order valence-electron chi connectivity index (χ3n) is 4.21. The molecule has 0 aromatic carbocycles. The van der Waals surface area contributed by atoms with E-state index in [1.807, 2.05) is 19.2 Å². The molecule has 128 valence electrons. The van der Waals surface area contributed by atoms with Crippen LogP contribution in [-0.4, -0.2) is 29.1 Å². The summed E-state index contributed by atoms with van der Waals surface area (Å²) in [7, 11) is 0. The zero-order valence-corrected chi connectivity index (χ0v) is 15.2. The number of ether oxygens (including phenoxy) is 1. The van der Waals surface area contributed by atoms with Crippen LogP contribution in [0.2, 0.25) is 0 Å². The van der Waals surface area contributed by atoms with Gasteiger partial charge in [0.15, 0.2) is 0 Å². The highest BCUT2D eigenvalue weighted by Crippen LogP contribution is 2.31. The summed E-state index contributed by atoms with van der Waals surface area (Å²) in [4.78, 5) is 22.1. The van der Waals surface area contributed by atoms with Gasteiger partial charge in [-0.1, -0.05) is 13.8 Å². The van der Waals surface area contributed by atoms with E-state index < -0.39 is 0 Å². The number of anilines is 1. The molecule has 1 saturated heterocycles. The lowest BCUT2D eigenvalue weighted by Gasteiger charge is -2.19. The summed E-state index contributed by atoms with van der Waals surface area (Å²) in [5.74, 6) is 0.572. The lowest BCUT2D eigenvalue weighted by atomic mass is 10.0. The third-order valence-corrected chi connectivity index (χ3v) is 5.53. The fourth-order valence-corrected chi connectivity index (χ4v) is 3.85. The minimum Gasteiger partial charge on any atom is -0.381 e. The first-order valence-corrected chi connectivity index (χ1v) is 9.17. The van der Waals surface area contributed by atoms with Gasteiger partial charge < -0.3 is 10.1 Å². The number of hydrogen-bond donors (Lipinski definition) is 1. The third kappa shape index (κ3) is 3.82. The fourth-order valence-electron chi connectivity index (χ4n) is 2.77. The Balaban J connectivity index is 1.75. The summed E-state index contributed by atoms with van der Waals surface area (Å²) >= 11 is 1.48. The maximum Gasteiger partial charge on any atom is 0.267 e. The lowest BCUT2D eigenvalue weighted by Crippen LogP contribution is -2.15. The van der Waals surface area contributed by atoms with Crippen LogP contribution in [-0.2, 0) is 4.74 Å². The number of aryl methyl sites for hydroxylation is 1. The lowest BCUT2D eigenvalue weighted by molar-refractivity contribution is 0.0803. The van der Waals surface area contributed by atoms with Crippen LogP contribution in [0.15, 0.2) is 18.5 Å². The number of rotatable bonds is 4. The van der Waals surface area contributed by atoms with Crippen molar-refractivity contribution in [2.45, 2.75) is 45.4 Å². The van der Waals surface area contributed by atoms with Gasteiger partial charge in [0.25, 0.3) is 5.91 Å². The second-order valence-corrected chi connectivity index (χ2v) is 7.53. The van der Waals surface area contributed by atoms with Crippen molar-refractivity contribution in [3.8, 4) is 0 Å². The highest BCUT2D eigenvalue weighted by Gasteiger charge is 2.23.